The Morgan fingerprint density at radius 2 is 1.65 bits per heavy atom. The number of phenolic OH excluding ortho intramolecular Hbond substituents is 1. The second-order valence-electron chi connectivity index (χ2n) is 3.47. The maximum absolute atomic E-state index is 12.1. The van der Waals surface area contributed by atoms with Crippen molar-refractivity contribution in [2.24, 2.45) is 0 Å². The van der Waals surface area contributed by atoms with E-state index >= 15 is 0 Å². The van der Waals surface area contributed by atoms with Crippen LogP contribution in [0.25, 0.3) is 0 Å². The number of aromatic hydroxyl groups is 1. The monoisotopic (exact) mass is 266 g/mol. The molecule has 0 aliphatic heterocycles. The summed E-state index contributed by atoms with van der Waals surface area (Å²) in [4.78, 5) is 12.1. The first-order valence-corrected chi connectivity index (χ1v) is 5.63. The molecule has 2 rings (SSSR count). The van der Waals surface area contributed by atoms with Gasteiger partial charge in [-0.15, -0.1) is 0 Å². The van der Waals surface area contributed by atoms with E-state index in [-0.39, 0.29) is 22.1 Å². The normalized spacial score (nSPS) is 10.2. The summed E-state index contributed by atoms with van der Waals surface area (Å²) >= 11 is 11.6. The first-order valence-electron chi connectivity index (χ1n) is 4.87. The molecule has 2 aromatic carbocycles. The Bertz CT molecular complexity index is 542. The van der Waals surface area contributed by atoms with Crippen LogP contribution in [0.5, 0.6) is 5.75 Å². The van der Waals surface area contributed by atoms with Crippen LogP contribution in [0, 0.1) is 0 Å². The molecule has 0 saturated heterocycles. The smallest absolute Gasteiger partial charge is 0.198 e. The second-order valence-corrected chi connectivity index (χ2v) is 4.31. The molecular weight excluding hydrogens is 259 g/mol. The number of carbonyl (C=O) groups excluding carboxylic acids is 1. The molecule has 0 atom stereocenters. The third kappa shape index (κ3) is 2.43. The fourth-order valence-corrected chi connectivity index (χ4v) is 1.86. The Morgan fingerprint density at radius 3 is 2.24 bits per heavy atom. The predicted octanol–water partition coefficient (Wildman–Crippen LogP) is 3.93. The molecule has 0 fully saturated rings. The van der Waals surface area contributed by atoms with E-state index < -0.39 is 0 Å². The molecule has 0 bridgehead atoms. The molecule has 17 heavy (non-hydrogen) atoms. The van der Waals surface area contributed by atoms with Crippen LogP contribution >= 0.6 is 23.2 Å². The zero-order valence-electron chi connectivity index (χ0n) is 8.65. The lowest BCUT2D eigenvalue weighted by atomic mass is 10.0. The lowest BCUT2D eigenvalue weighted by Gasteiger charge is -2.06. The molecule has 0 aromatic heterocycles. The van der Waals surface area contributed by atoms with Crippen LogP contribution in [0.1, 0.15) is 15.9 Å². The quantitative estimate of drug-likeness (QED) is 0.837. The Kier molecular flexibility index (Phi) is 3.36. The Labute approximate surface area is 108 Å². The molecular formula is C13H8Cl2O2. The van der Waals surface area contributed by atoms with Crippen molar-refractivity contribution in [2.75, 3.05) is 0 Å². The van der Waals surface area contributed by atoms with Crippen LogP contribution in [0.3, 0.4) is 0 Å². The topological polar surface area (TPSA) is 37.3 Å². The highest BCUT2D eigenvalue weighted by Gasteiger charge is 2.16. The summed E-state index contributed by atoms with van der Waals surface area (Å²) in [7, 11) is 0. The Hall–Kier alpha value is -1.51. The number of phenols is 1. The molecule has 0 radical (unpaired) electrons. The average molecular weight is 267 g/mol. The molecule has 2 aromatic rings. The lowest BCUT2D eigenvalue weighted by molar-refractivity contribution is 0.103. The van der Waals surface area contributed by atoms with E-state index in [0.717, 1.165) is 0 Å². The molecule has 0 aliphatic carbocycles. The maximum Gasteiger partial charge on any atom is 0.198 e. The fraction of sp³-hybridized carbons (Fsp3) is 0. The van der Waals surface area contributed by atoms with Gasteiger partial charge in [0.1, 0.15) is 5.75 Å². The van der Waals surface area contributed by atoms with Crippen LogP contribution in [0.2, 0.25) is 10.0 Å². The second kappa shape index (κ2) is 4.78. The summed E-state index contributed by atoms with van der Waals surface area (Å²) in [5, 5.41) is 10.4. The van der Waals surface area contributed by atoms with Gasteiger partial charge in [0.15, 0.2) is 5.78 Å². The number of hydrogen-bond acceptors (Lipinski definition) is 2. The van der Waals surface area contributed by atoms with Gasteiger partial charge in [-0.1, -0.05) is 29.3 Å². The highest BCUT2D eigenvalue weighted by molar-refractivity contribution is 6.35. The summed E-state index contributed by atoms with van der Waals surface area (Å²) in [5.74, 6) is -0.456. The van der Waals surface area contributed by atoms with E-state index in [1.54, 1.807) is 36.4 Å². The fourth-order valence-electron chi connectivity index (χ4n) is 1.48. The van der Waals surface area contributed by atoms with Crippen LogP contribution < -0.4 is 0 Å². The van der Waals surface area contributed by atoms with E-state index in [1.165, 1.54) is 6.07 Å². The van der Waals surface area contributed by atoms with Gasteiger partial charge in [-0.05, 0) is 36.4 Å². The standard InChI is InChI=1S/C13H8Cl2O2/c14-9-6-4-8(5-7-9)13(17)12-10(15)2-1-3-11(12)16/h1-7,16H. The van der Waals surface area contributed by atoms with Gasteiger partial charge in [0.2, 0.25) is 0 Å². The summed E-state index contributed by atoms with van der Waals surface area (Å²) in [6.07, 6.45) is 0. The molecule has 0 spiro atoms. The third-order valence-corrected chi connectivity index (χ3v) is 2.89. The van der Waals surface area contributed by atoms with Gasteiger partial charge in [-0.3, -0.25) is 4.79 Å². The highest BCUT2D eigenvalue weighted by Crippen LogP contribution is 2.28. The number of ketones is 1. The minimum atomic E-state index is -0.329. The molecule has 0 saturated carbocycles. The number of benzene rings is 2. The Morgan fingerprint density at radius 1 is 1.00 bits per heavy atom. The van der Waals surface area contributed by atoms with Gasteiger partial charge in [0.25, 0.3) is 0 Å². The van der Waals surface area contributed by atoms with Crippen LogP contribution in [-0.4, -0.2) is 10.9 Å². The first-order chi connectivity index (χ1) is 8.09. The van der Waals surface area contributed by atoms with Crippen molar-refractivity contribution in [3.63, 3.8) is 0 Å². The first kappa shape index (κ1) is 12.0. The minimum absolute atomic E-state index is 0.108. The number of hydrogen-bond donors (Lipinski definition) is 1. The largest absolute Gasteiger partial charge is 0.507 e. The van der Waals surface area contributed by atoms with Gasteiger partial charge in [0, 0.05) is 10.6 Å². The minimum Gasteiger partial charge on any atom is -0.507 e. The molecule has 0 heterocycles. The predicted molar refractivity (Wildman–Crippen MR) is 68.0 cm³/mol. The Balaban J connectivity index is 2.47. The summed E-state index contributed by atoms with van der Waals surface area (Å²) in [6.45, 7) is 0. The average Bonchev–Trinajstić information content (AvgIpc) is 2.29. The maximum atomic E-state index is 12.1. The van der Waals surface area contributed by atoms with Crippen LogP contribution in [-0.2, 0) is 0 Å². The summed E-state index contributed by atoms with van der Waals surface area (Å²) in [5.41, 5.74) is 0.536. The molecule has 0 amide bonds. The molecule has 4 heteroatoms. The number of halogens is 2. The number of carbonyl (C=O) groups is 1. The zero-order chi connectivity index (χ0) is 12.4. The molecule has 2 nitrogen and oxygen atoms in total. The van der Waals surface area contributed by atoms with Gasteiger partial charge in [-0.2, -0.15) is 0 Å². The highest BCUT2D eigenvalue weighted by atomic mass is 35.5. The van der Waals surface area contributed by atoms with E-state index in [0.29, 0.717) is 10.6 Å². The SMILES string of the molecule is O=C(c1ccc(Cl)cc1)c1c(O)cccc1Cl. The van der Waals surface area contributed by atoms with Crippen molar-refractivity contribution in [3.05, 3.63) is 63.6 Å². The van der Waals surface area contributed by atoms with Gasteiger partial charge < -0.3 is 5.11 Å². The molecule has 0 aliphatic rings. The lowest BCUT2D eigenvalue weighted by Crippen LogP contribution is -2.02. The van der Waals surface area contributed by atoms with Crippen molar-refractivity contribution >= 4 is 29.0 Å². The molecule has 86 valence electrons. The van der Waals surface area contributed by atoms with Crippen LogP contribution in [0.15, 0.2) is 42.5 Å². The third-order valence-electron chi connectivity index (χ3n) is 2.33. The van der Waals surface area contributed by atoms with Crippen molar-refractivity contribution in [2.45, 2.75) is 0 Å². The van der Waals surface area contributed by atoms with E-state index in [2.05, 4.69) is 0 Å². The van der Waals surface area contributed by atoms with Crippen molar-refractivity contribution in [1.82, 2.24) is 0 Å². The van der Waals surface area contributed by atoms with Gasteiger partial charge in [0.05, 0.1) is 10.6 Å². The van der Waals surface area contributed by atoms with Crippen LogP contribution in [0.4, 0.5) is 0 Å². The van der Waals surface area contributed by atoms with Crippen molar-refractivity contribution in [1.29, 1.82) is 0 Å². The van der Waals surface area contributed by atoms with E-state index in [9.17, 15) is 9.90 Å². The summed E-state index contributed by atoms with van der Waals surface area (Å²) in [6, 6.07) is 11.0. The molecule has 1 N–H and O–H groups in total. The number of rotatable bonds is 2. The molecule has 0 unspecified atom stereocenters. The van der Waals surface area contributed by atoms with E-state index in [4.69, 9.17) is 23.2 Å². The van der Waals surface area contributed by atoms with Gasteiger partial charge in [-0.25, -0.2) is 0 Å². The van der Waals surface area contributed by atoms with E-state index in [1.807, 2.05) is 0 Å². The van der Waals surface area contributed by atoms with Crippen molar-refractivity contribution < 1.29 is 9.90 Å². The van der Waals surface area contributed by atoms with Gasteiger partial charge >= 0.3 is 0 Å². The zero-order valence-corrected chi connectivity index (χ0v) is 10.2. The summed E-state index contributed by atoms with van der Waals surface area (Å²) < 4.78 is 0. The van der Waals surface area contributed by atoms with Crippen molar-refractivity contribution in [3.8, 4) is 5.75 Å².